The normalized spacial score (nSPS) is 10.3. The molecule has 0 heterocycles. The van der Waals surface area contributed by atoms with Gasteiger partial charge < -0.3 is 9.57 Å². The number of halogens is 1. The second-order valence-corrected chi connectivity index (χ2v) is 3.83. The van der Waals surface area contributed by atoms with E-state index in [2.05, 4.69) is 20.8 Å². The lowest BCUT2D eigenvalue weighted by molar-refractivity contribution is 0.140. The van der Waals surface area contributed by atoms with Gasteiger partial charge in [-0.2, -0.15) is 0 Å². The molecule has 1 aromatic carbocycles. The SMILES string of the molecule is COc1ccc(Br)c(C)c1CCON. The molecule has 0 fully saturated rings. The van der Waals surface area contributed by atoms with Gasteiger partial charge in [0.1, 0.15) is 5.75 Å². The molecule has 0 saturated heterocycles. The Morgan fingerprint density at radius 1 is 1.43 bits per heavy atom. The first-order chi connectivity index (χ1) is 6.70. The minimum Gasteiger partial charge on any atom is -0.496 e. The molecular formula is C10H14BrNO2. The fourth-order valence-corrected chi connectivity index (χ4v) is 1.74. The maximum absolute atomic E-state index is 5.26. The van der Waals surface area contributed by atoms with Gasteiger partial charge in [-0.25, -0.2) is 5.90 Å². The van der Waals surface area contributed by atoms with Crippen LogP contribution in [0, 0.1) is 6.92 Å². The minimum absolute atomic E-state index is 0.494. The van der Waals surface area contributed by atoms with Crippen molar-refractivity contribution in [3.05, 3.63) is 27.7 Å². The average Bonchev–Trinajstić information content (AvgIpc) is 2.20. The van der Waals surface area contributed by atoms with Crippen LogP contribution in [0.1, 0.15) is 11.1 Å². The number of hydrogen-bond donors (Lipinski definition) is 1. The van der Waals surface area contributed by atoms with Crippen molar-refractivity contribution < 1.29 is 9.57 Å². The first-order valence-electron chi connectivity index (χ1n) is 4.34. The summed E-state index contributed by atoms with van der Waals surface area (Å²) in [5.74, 6) is 5.88. The maximum Gasteiger partial charge on any atom is 0.122 e. The van der Waals surface area contributed by atoms with Gasteiger partial charge in [-0.3, -0.25) is 0 Å². The zero-order valence-corrected chi connectivity index (χ0v) is 9.93. The maximum atomic E-state index is 5.26. The van der Waals surface area contributed by atoms with Gasteiger partial charge in [0, 0.05) is 16.5 Å². The Balaban J connectivity index is 3.01. The summed E-state index contributed by atoms with van der Waals surface area (Å²) in [6.45, 7) is 2.53. The largest absolute Gasteiger partial charge is 0.496 e. The third-order valence-corrected chi connectivity index (χ3v) is 3.04. The molecule has 0 unspecified atom stereocenters. The minimum atomic E-state index is 0.494. The topological polar surface area (TPSA) is 44.5 Å². The number of methoxy groups -OCH3 is 1. The first kappa shape index (κ1) is 11.5. The summed E-state index contributed by atoms with van der Waals surface area (Å²) in [6, 6.07) is 3.91. The lowest BCUT2D eigenvalue weighted by Crippen LogP contribution is -2.06. The van der Waals surface area contributed by atoms with E-state index in [1.165, 1.54) is 5.56 Å². The summed E-state index contributed by atoms with van der Waals surface area (Å²) in [5, 5.41) is 0. The summed E-state index contributed by atoms with van der Waals surface area (Å²) in [4.78, 5) is 4.57. The van der Waals surface area contributed by atoms with Crippen molar-refractivity contribution in [2.45, 2.75) is 13.3 Å². The van der Waals surface area contributed by atoms with E-state index in [4.69, 9.17) is 10.6 Å². The Labute approximate surface area is 92.3 Å². The third kappa shape index (κ3) is 2.47. The molecule has 3 nitrogen and oxygen atoms in total. The molecule has 14 heavy (non-hydrogen) atoms. The van der Waals surface area contributed by atoms with Crippen LogP contribution < -0.4 is 10.6 Å². The molecule has 0 amide bonds. The molecule has 0 spiro atoms. The zero-order valence-electron chi connectivity index (χ0n) is 8.34. The number of rotatable bonds is 4. The zero-order chi connectivity index (χ0) is 10.6. The molecular weight excluding hydrogens is 246 g/mol. The predicted molar refractivity (Wildman–Crippen MR) is 59.3 cm³/mol. The molecule has 1 rings (SSSR count). The first-order valence-corrected chi connectivity index (χ1v) is 5.13. The molecule has 0 aliphatic heterocycles. The van der Waals surface area contributed by atoms with Crippen LogP contribution in [0.3, 0.4) is 0 Å². The Bertz CT molecular complexity index is 315. The molecule has 0 bridgehead atoms. The number of hydrogen-bond acceptors (Lipinski definition) is 3. The van der Waals surface area contributed by atoms with E-state index in [0.29, 0.717) is 6.61 Å². The number of benzene rings is 1. The van der Waals surface area contributed by atoms with Crippen molar-refractivity contribution >= 4 is 15.9 Å². The van der Waals surface area contributed by atoms with Gasteiger partial charge in [0.2, 0.25) is 0 Å². The van der Waals surface area contributed by atoms with Gasteiger partial charge >= 0.3 is 0 Å². The van der Waals surface area contributed by atoms with Gasteiger partial charge in [0.15, 0.2) is 0 Å². The Kier molecular flexibility index (Phi) is 4.38. The fraction of sp³-hybridized carbons (Fsp3) is 0.400. The Morgan fingerprint density at radius 2 is 2.14 bits per heavy atom. The summed E-state index contributed by atoms with van der Waals surface area (Å²) in [7, 11) is 1.66. The quantitative estimate of drug-likeness (QED) is 0.844. The summed E-state index contributed by atoms with van der Waals surface area (Å²) in [6.07, 6.45) is 0.755. The van der Waals surface area contributed by atoms with Crippen molar-refractivity contribution in [1.29, 1.82) is 0 Å². The number of ether oxygens (including phenoxy) is 1. The molecule has 78 valence electrons. The van der Waals surface area contributed by atoms with Gasteiger partial charge in [-0.1, -0.05) is 15.9 Å². The average molecular weight is 260 g/mol. The van der Waals surface area contributed by atoms with E-state index >= 15 is 0 Å². The molecule has 0 aromatic heterocycles. The monoisotopic (exact) mass is 259 g/mol. The standard InChI is InChI=1S/C10H14BrNO2/c1-7-8(5-6-14-12)10(13-2)4-3-9(7)11/h3-4H,5-6,12H2,1-2H3. The highest BCUT2D eigenvalue weighted by molar-refractivity contribution is 9.10. The van der Waals surface area contributed by atoms with E-state index in [1.54, 1.807) is 7.11 Å². The Morgan fingerprint density at radius 3 is 2.71 bits per heavy atom. The molecule has 0 radical (unpaired) electrons. The van der Waals surface area contributed by atoms with Gasteiger partial charge in [0.05, 0.1) is 13.7 Å². The van der Waals surface area contributed by atoms with E-state index in [1.807, 2.05) is 19.1 Å². The van der Waals surface area contributed by atoms with Crippen LogP contribution >= 0.6 is 15.9 Å². The predicted octanol–water partition coefficient (Wildman–Crippen LogP) is 2.20. The van der Waals surface area contributed by atoms with Crippen LogP contribution in [-0.2, 0) is 11.3 Å². The summed E-state index contributed by atoms with van der Waals surface area (Å²) >= 11 is 3.47. The van der Waals surface area contributed by atoms with Gasteiger partial charge in [-0.05, 0) is 24.6 Å². The van der Waals surface area contributed by atoms with Crippen molar-refractivity contribution in [2.24, 2.45) is 5.90 Å². The second kappa shape index (κ2) is 5.34. The molecule has 0 aliphatic rings. The Hall–Kier alpha value is -0.580. The van der Waals surface area contributed by atoms with Crippen molar-refractivity contribution in [3.8, 4) is 5.75 Å². The second-order valence-electron chi connectivity index (χ2n) is 2.97. The molecule has 1 aromatic rings. The smallest absolute Gasteiger partial charge is 0.122 e. The molecule has 0 aliphatic carbocycles. The van der Waals surface area contributed by atoms with Crippen LogP contribution in [0.4, 0.5) is 0 Å². The lowest BCUT2D eigenvalue weighted by atomic mass is 10.1. The van der Waals surface area contributed by atoms with Crippen LogP contribution in [0.15, 0.2) is 16.6 Å². The van der Waals surface area contributed by atoms with E-state index < -0.39 is 0 Å². The van der Waals surface area contributed by atoms with Crippen LogP contribution in [0.2, 0.25) is 0 Å². The van der Waals surface area contributed by atoms with Crippen LogP contribution in [0.5, 0.6) is 5.75 Å². The van der Waals surface area contributed by atoms with Crippen molar-refractivity contribution in [3.63, 3.8) is 0 Å². The van der Waals surface area contributed by atoms with E-state index in [9.17, 15) is 0 Å². The highest BCUT2D eigenvalue weighted by Crippen LogP contribution is 2.28. The van der Waals surface area contributed by atoms with Gasteiger partial charge in [0.25, 0.3) is 0 Å². The van der Waals surface area contributed by atoms with Crippen LogP contribution in [0.25, 0.3) is 0 Å². The highest BCUT2D eigenvalue weighted by Gasteiger charge is 2.08. The third-order valence-electron chi connectivity index (χ3n) is 2.18. The van der Waals surface area contributed by atoms with Crippen molar-refractivity contribution in [2.75, 3.05) is 13.7 Å². The molecule has 4 heteroatoms. The van der Waals surface area contributed by atoms with Crippen LogP contribution in [-0.4, -0.2) is 13.7 Å². The van der Waals surface area contributed by atoms with E-state index in [0.717, 1.165) is 22.2 Å². The molecule has 2 N–H and O–H groups in total. The molecule has 0 atom stereocenters. The summed E-state index contributed by atoms with van der Waals surface area (Å²) in [5.41, 5.74) is 2.30. The molecule has 0 saturated carbocycles. The van der Waals surface area contributed by atoms with Crippen molar-refractivity contribution in [1.82, 2.24) is 0 Å². The fourth-order valence-electron chi connectivity index (χ4n) is 1.37. The lowest BCUT2D eigenvalue weighted by Gasteiger charge is -2.12. The summed E-state index contributed by atoms with van der Waals surface area (Å²) < 4.78 is 6.34. The van der Waals surface area contributed by atoms with Gasteiger partial charge in [-0.15, -0.1) is 0 Å². The van der Waals surface area contributed by atoms with E-state index in [-0.39, 0.29) is 0 Å². The highest BCUT2D eigenvalue weighted by atomic mass is 79.9. The number of nitrogens with two attached hydrogens (primary N) is 1.